The summed E-state index contributed by atoms with van der Waals surface area (Å²) in [6.07, 6.45) is 3.82. The van der Waals surface area contributed by atoms with E-state index in [0.29, 0.717) is 29.6 Å². The van der Waals surface area contributed by atoms with Crippen LogP contribution in [-0.4, -0.2) is 18.5 Å². The van der Waals surface area contributed by atoms with Crippen LogP contribution in [0.5, 0.6) is 11.5 Å². The SMILES string of the molecule is CCOc1cc(C2NC(=O)c3c(sc4c3CCC(C(C)(C)CC)C4)N2)ccc1OC(=O)c1cccc2ccccc12. The predicted octanol–water partition coefficient (Wildman–Crippen LogP) is 7.91. The van der Waals surface area contributed by atoms with Crippen molar-refractivity contribution in [3.8, 4) is 11.5 Å². The number of nitrogens with one attached hydrogen (secondary N) is 2. The highest BCUT2D eigenvalue weighted by atomic mass is 32.1. The Morgan fingerprint density at radius 1 is 1.02 bits per heavy atom. The molecule has 2 unspecified atom stereocenters. The lowest BCUT2D eigenvalue weighted by Crippen LogP contribution is -2.38. The molecule has 2 heterocycles. The summed E-state index contributed by atoms with van der Waals surface area (Å²) < 4.78 is 11.7. The van der Waals surface area contributed by atoms with Crippen LogP contribution < -0.4 is 20.1 Å². The molecule has 2 atom stereocenters. The van der Waals surface area contributed by atoms with Crippen LogP contribution in [0.1, 0.15) is 83.4 Å². The maximum Gasteiger partial charge on any atom is 0.344 e. The maximum absolute atomic E-state index is 13.4. The number of fused-ring (bicyclic) bond motifs is 4. The number of benzene rings is 3. The minimum absolute atomic E-state index is 0.0427. The first-order valence-electron chi connectivity index (χ1n) is 14.5. The summed E-state index contributed by atoms with van der Waals surface area (Å²) in [5.41, 5.74) is 3.62. The van der Waals surface area contributed by atoms with E-state index in [1.54, 1.807) is 23.5 Å². The standard InChI is InChI=1S/C34H36N2O4S/c1-5-34(3,4)22-15-16-25-28(19-22)41-32-29(25)31(37)35-30(36-32)21-14-17-26(27(18-21)39-6-2)40-33(38)24-13-9-11-20-10-7-8-12-23(20)24/h7-14,17-18,22,30,36H,5-6,15-16,19H2,1-4H3,(H,35,37). The van der Waals surface area contributed by atoms with Crippen molar-refractivity contribution in [1.82, 2.24) is 5.32 Å². The third kappa shape index (κ3) is 5.08. The number of ether oxygens (including phenoxy) is 2. The second-order valence-electron chi connectivity index (χ2n) is 11.6. The Morgan fingerprint density at radius 3 is 2.63 bits per heavy atom. The summed E-state index contributed by atoms with van der Waals surface area (Å²) in [6.45, 7) is 9.27. The summed E-state index contributed by atoms with van der Waals surface area (Å²) >= 11 is 1.72. The van der Waals surface area contributed by atoms with Crippen LogP contribution in [0.3, 0.4) is 0 Å². The van der Waals surface area contributed by atoms with Gasteiger partial charge in [-0.2, -0.15) is 0 Å². The van der Waals surface area contributed by atoms with Crippen molar-refractivity contribution in [3.05, 3.63) is 87.8 Å². The zero-order chi connectivity index (χ0) is 28.7. The lowest BCUT2D eigenvalue weighted by atomic mass is 9.69. The van der Waals surface area contributed by atoms with E-state index in [1.165, 1.54) is 10.4 Å². The third-order valence-electron chi connectivity index (χ3n) is 8.87. The number of thiophene rings is 1. The first-order chi connectivity index (χ1) is 19.8. The zero-order valence-corrected chi connectivity index (χ0v) is 24.8. The summed E-state index contributed by atoms with van der Waals surface area (Å²) in [5, 5.41) is 9.46. The van der Waals surface area contributed by atoms with Crippen LogP contribution in [0.15, 0.2) is 60.7 Å². The van der Waals surface area contributed by atoms with Crippen LogP contribution in [0.4, 0.5) is 5.00 Å². The molecule has 4 aromatic rings. The van der Waals surface area contributed by atoms with Gasteiger partial charge in [-0.15, -0.1) is 11.3 Å². The minimum atomic E-state index is -0.446. The molecule has 0 fully saturated rings. The fourth-order valence-electron chi connectivity index (χ4n) is 6.04. The molecule has 2 N–H and O–H groups in total. The van der Waals surface area contributed by atoms with Gasteiger partial charge in [0.1, 0.15) is 11.2 Å². The lowest BCUT2D eigenvalue weighted by molar-refractivity contribution is 0.0730. The van der Waals surface area contributed by atoms with Gasteiger partial charge in [0.05, 0.1) is 17.7 Å². The van der Waals surface area contributed by atoms with E-state index < -0.39 is 12.1 Å². The molecular weight excluding hydrogens is 532 g/mol. The predicted molar refractivity (Wildman–Crippen MR) is 164 cm³/mol. The molecule has 0 spiro atoms. The van der Waals surface area contributed by atoms with Crippen molar-refractivity contribution in [1.29, 1.82) is 0 Å². The third-order valence-corrected chi connectivity index (χ3v) is 10.1. The van der Waals surface area contributed by atoms with E-state index in [4.69, 9.17) is 9.47 Å². The normalized spacial score (nSPS) is 18.2. The van der Waals surface area contributed by atoms with Crippen LogP contribution >= 0.6 is 11.3 Å². The first-order valence-corrected chi connectivity index (χ1v) is 15.3. The van der Waals surface area contributed by atoms with Crippen LogP contribution in [-0.2, 0) is 12.8 Å². The smallest absolute Gasteiger partial charge is 0.344 e. The number of hydrogen-bond acceptors (Lipinski definition) is 6. The molecule has 6 rings (SSSR count). The van der Waals surface area contributed by atoms with Gasteiger partial charge in [-0.05, 0) is 77.6 Å². The molecule has 6 nitrogen and oxygen atoms in total. The van der Waals surface area contributed by atoms with E-state index in [-0.39, 0.29) is 11.3 Å². The van der Waals surface area contributed by atoms with Gasteiger partial charge in [0.2, 0.25) is 0 Å². The molecule has 0 bridgehead atoms. The van der Waals surface area contributed by atoms with Gasteiger partial charge in [0, 0.05) is 4.88 Å². The van der Waals surface area contributed by atoms with Gasteiger partial charge < -0.3 is 20.1 Å². The van der Waals surface area contributed by atoms with Gasteiger partial charge in [0.25, 0.3) is 5.91 Å². The molecule has 0 saturated carbocycles. The number of carbonyl (C=O) groups is 2. The van der Waals surface area contributed by atoms with Crippen molar-refractivity contribution in [2.45, 2.75) is 59.5 Å². The summed E-state index contributed by atoms with van der Waals surface area (Å²) in [5.74, 6) is 0.928. The van der Waals surface area contributed by atoms with Crippen LogP contribution in [0.25, 0.3) is 10.8 Å². The molecule has 3 aromatic carbocycles. The number of rotatable bonds is 7. The van der Waals surface area contributed by atoms with Gasteiger partial charge >= 0.3 is 5.97 Å². The van der Waals surface area contributed by atoms with Crippen molar-refractivity contribution >= 4 is 39.0 Å². The van der Waals surface area contributed by atoms with Crippen LogP contribution in [0.2, 0.25) is 0 Å². The second kappa shape index (κ2) is 10.9. The summed E-state index contributed by atoms with van der Waals surface area (Å²) in [4.78, 5) is 27.9. The molecule has 41 heavy (non-hydrogen) atoms. The number of hydrogen-bond donors (Lipinski definition) is 2. The molecule has 0 saturated heterocycles. The van der Waals surface area contributed by atoms with Crippen molar-refractivity contribution in [3.63, 3.8) is 0 Å². The Morgan fingerprint density at radius 2 is 1.83 bits per heavy atom. The molecule has 0 radical (unpaired) electrons. The number of carbonyl (C=O) groups excluding carboxylic acids is 2. The molecule has 212 valence electrons. The Labute approximate surface area is 245 Å². The van der Waals surface area contributed by atoms with E-state index in [2.05, 4.69) is 31.4 Å². The van der Waals surface area contributed by atoms with Crippen molar-refractivity contribution in [2.75, 3.05) is 11.9 Å². The average molecular weight is 569 g/mol. The van der Waals surface area contributed by atoms with Crippen molar-refractivity contribution in [2.24, 2.45) is 11.3 Å². The monoisotopic (exact) mass is 568 g/mol. The highest BCUT2D eigenvalue weighted by Crippen LogP contribution is 2.47. The molecule has 1 aliphatic heterocycles. The lowest BCUT2D eigenvalue weighted by Gasteiger charge is -2.36. The van der Waals surface area contributed by atoms with Gasteiger partial charge in [-0.1, -0.05) is 69.7 Å². The first kappa shape index (κ1) is 27.3. The van der Waals surface area contributed by atoms with E-state index >= 15 is 0 Å². The fourth-order valence-corrected chi connectivity index (χ4v) is 7.39. The van der Waals surface area contributed by atoms with Crippen LogP contribution in [0, 0.1) is 11.3 Å². The zero-order valence-electron chi connectivity index (χ0n) is 24.0. The largest absolute Gasteiger partial charge is 0.490 e. The molecule has 1 aromatic heterocycles. The van der Waals surface area contributed by atoms with E-state index in [1.807, 2.05) is 55.5 Å². The molecular formula is C34H36N2O4S. The fraction of sp³-hybridized carbons (Fsp3) is 0.353. The Bertz CT molecular complexity index is 1630. The molecule has 1 amide bonds. The minimum Gasteiger partial charge on any atom is -0.490 e. The Kier molecular flexibility index (Phi) is 7.24. The molecule has 2 aliphatic rings. The summed E-state index contributed by atoms with van der Waals surface area (Å²) in [6, 6.07) is 18.8. The number of amides is 1. The summed E-state index contributed by atoms with van der Waals surface area (Å²) in [7, 11) is 0. The topological polar surface area (TPSA) is 76.7 Å². The van der Waals surface area contributed by atoms with Gasteiger partial charge in [-0.25, -0.2) is 4.79 Å². The quantitative estimate of drug-likeness (QED) is 0.175. The molecule has 7 heteroatoms. The van der Waals surface area contributed by atoms with E-state index in [9.17, 15) is 9.59 Å². The highest BCUT2D eigenvalue weighted by molar-refractivity contribution is 7.16. The number of esters is 1. The maximum atomic E-state index is 13.4. The van der Waals surface area contributed by atoms with Gasteiger partial charge in [-0.3, -0.25) is 4.79 Å². The van der Waals surface area contributed by atoms with E-state index in [0.717, 1.165) is 52.6 Å². The number of anilines is 1. The second-order valence-corrected chi connectivity index (χ2v) is 12.7. The molecule has 1 aliphatic carbocycles. The highest BCUT2D eigenvalue weighted by Gasteiger charge is 2.37. The average Bonchev–Trinajstić information content (AvgIpc) is 3.36. The Balaban J connectivity index is 1.25. The van der Waals surface area contributed by atoms with Gasteiger partial charge in [0.15, 0.2) is 11.5 Å². The van der Waals surface area contributed by atoms with Crippen molar-refractivity contribution < 1.29 is 19.1 Å². The Hall–Kier alpha value is -3.84.